The Morgan fingerprint density at radius 1 is 1.21 bits per heavy atom. The highest BCUT2D eigenvalue weighted by Crippen LogP contribution is 2.52. The highest BCUT2D eigenvalue weighted by atomic mass is 16.4. The van der Waals surface area contributed by atoms with Gasteiger partial charge in [-0.3, -0.25) is 4.79 Å². The Balaban J connectivity index is 1.95. The van der Waals surface area contributed by atoms with E-state index in [1.807, 2.05) is 4.90 Å². The van der Waals surface area contributed by atoms with E-state index in [-0.39, 0.29) is 17.7 Å². The molecule has 108 valence electrons. The third-order valence-electron chi connectivity index (χ3n) is 4.51. The SMILES string of the molecule is CC1(C)C[C@H]2C[C@](C)(CN2C(=O)CCCC(=O)[O-])C1. The molecule has 1 aliphatic heterocycles. The van der Waals surface area contributed by atoms with Gasteiger partial charge in [-0.25, -0.2) is 0 Å². The van der Waals surface area contributed by atoms with E-state index in [0.717, 1.165) is 19.4 Å². The van der Waals surface area contributed by atoms with Gasteiger partial charge in [0.15, 0.2) is 0 Å². The maximum absolute atomic E-state index is 12.2. The highest BCUT2D eigenvalue weighted by Gasteiger charge is 2.50. The number of aliphatic carboxylic acids is 1. The average molecular weight is 266 g/mol. The molecule has 4 heteroatoms. The highest BCUT2D eigenvalue weighted by molar-refractivity contribution is 5.77. The molecule has 4 nitrogen and oxygen atoms in total. The van der Waals surface area contributed by atoms with Gasteiger partial charge < -0.3 is 14.8 Å². The maximum atomic E-state index is 12.2. The number of likely N-dealkylation sites (tertiary alicyclic amines) is 1. The molecule has 0 unspecified atom stereocenters. The molecule has 0 N–H and O–H groups in total. The summed E-state index contributed by atoms with van der Waals surface area (Å²) >= 11 is 0. The lowest BCUT2D eigenvalue weighted by atomic mass is 9.65. The van der Waals surface area contributed by atoms with E-state index in [1.165, 1.54) is 6.42 Å². The lowest BCUT2D eigenvalue weighted by Crippen LogP contribution is -2.37. The fraction of sp³-hybridized carbons (Fsp3) is 0.867. The number of hydrogen-bond donors (Lipinski definition) is 0. The molecule has 1 saturated carbocycles. The second-order valence-electron chi connectivity index (χ2n) is 7.46. The van der Waals surface area contributed by atoms with Crippen molar-refractivity contribution >= 4 is 11.9 Å². The van der Waals surface area contributed by atoms with E-state index in [9.17, 15) is 14.7 Å². The van der Waals surface area contributed by atoms with Gasteiger partial charge in [-0.15, -0.1) is 0 Å². The van der Waals surface area contributed by atoms with Gasteiger partial charge in [-0.2, -0.15) is 0 Å². The zero-order valence-electron chi connectivity index (χ0n) is 12.2. The van der Waals surface area contributed by atoms with Crippen LogP contribution in [-0.2, 0) is 9.59 Å². The fourth-order valence-electron chi connectivity index (χ4n) is 4.28. The minimum Gasteiger partial charge on any atom is -0.550 e. The number of carbonyl (C=O) groups excluding carboxylic acids is 2. The van der Waals surface area contributed by atoms with Gasteiger partial charge >= 0.3 is 0 Å². The lowest BCUT2D eigenvalue weighted by molar-refractivity contribution is -0.305. The van der Waals surface area contributed by atoms with Crippen molar-refractivity contribution in [3.05, 3.63) is 0 Å². The van der Waals surface area contributed by atoms with Crippen LogP contribution in [-0.4, -0.2) is 29.4 Å². The summed E-state index contributed by atoms with van der Waals surface area (Å²) in [6.45, 7) is 7.67. The van der Waals surface area contributed by atoms with Gasteiger partial charge in [0.2, 0.25) is 5.91 Å². The summed E-state index contributed by atoms with van der Waals surface area (Å²) in [6.07, 6.45) is 4.04. The van der Waals surface area contributed by atoms with Crippen LogP contribution >= 0.6 is 0 Å². The third kappa shape index (κ3) is 3.28. The van der Waals surface area contributed by atoms with Gasteiger partial charge in [0, 0.05) is 25.0 Å². The first-order valence-corrected chi connectivity index (χ1v) is 7.20. The smallest absolute Gasteiger partial charge is 0.222 e. The first-order chi connectivity index (χ1) is 8.71. The van der Waals surface area contributed by atoms with Crippen LogP contribution in [0.15, 0.2) is 0 Å². The summed E-state index contributed by atoms with van der Waals surface area (Å²) in [4.78, 5) is 24.6. The Hall–Kier alpha value is -1.06. The standard InChI is InChI=1S/C15H25NO3/c1-14(2)7-11-8-15(3,9-14)10-16(11)12(17)5-4-6-13(18)19/h11H,4-10H2,1-3H3,(H,18,19)/p-1/t11-,15-/m0/s1. The molecule has 1 aliphatic carbocycles. The molecule has 2 atom stereocenters. The summed E-state index contributed by atoms with van der Waals surface area (Å²) in [5.74, 6) is -0.950. The van der Waals surface area contributed by atoms with Crippen molar-refractivity contribution in [1.82, 2.24) is 4.90 Å². The minimum atomic E-state index is -1.07. The van der Waals surface area contributed by atoms with Crippen LogP contribution < -0.4 is 5.11 Å². The molecular formula is C15H24NO3-. The molecule has 0 aromatic carbocycles. The zero-order valence-corrected chi connectivity index (χ0v) is 12.2. The molecule has 0 aromatic rings. The number of carboxylic acid groups (broad SMARTS) is 1. The maximum Gasteiger partial charge on any atom is 0.222 e. The molecule has 1 heterocycles. The fourth-order valence-corrected chi connectivity index (χ4v) is 4.28. The molecule has 0 radical (unpaired) electrons. The molecule has 2 bridgehead atoms. The van der Waals surface area contributed by atoms with E-state index in [2.05, 4.69) is 20.8 Å². The predicted molar refractivity (Wildman–Crippen MR) is 70.1 cm³/mol. The van der Waals surface area contributed by atoms with Crippen LogP contribution in [0.5, 0.6) is 0 Å². The predicted octanol–water partition coefficient (Wildman–Crippen LogP) is 1.33. The second kappa shape index (κ2) is 4.80. The topological polar surface area (TPSA) is 60.4 Å². The molecule has 0 spiro atoms. The van der Waals surface area contributed by atoms with Gasteiger partial charge in [0.1, 0.15) is 0 Å². The van der Waals surface area contributed by atoms with Gasteiger partial charge in [0.25, 0.3) is 0 Å². The number of fused-ring (bicyclic) bond motifs is 2. The van der Waals surface area contributed by atoms with E-state index in [0.29, 0.717) is 24.3 Å². The summed E-state index contributed by atoms with van der Waals surface area (Å²) in [6, 6.07) is 0.351. The Morgan fingerprint density at radius 2 is 1.89 bits per heavy atom. The number of hydrogen-bond acceptors (Lipinski definition) is 3. The van der Waals surface area contributed by atoms with Gasteiger partial charge in [-0.05, 0) is 42.9 Å². The zero-order chi connectivity index (χ0) is 14.3. The molecule has 2 fully saturated rings. The monoisotopic (exact) mass is 266 g/mol. The number of amides is 1. The minimum absolute atomic E-state index is 0.0208. The van der Waals surface area contributed by atoms with Crippen molar-refractivity contribution in [2.45, 2.75) is 65.3 Å². The Labute approximate surface area is 115 Å². The van der Waals surface area contributed by atoms with Crippen LogP contribution in [0.25, 0.3) is 0 Å². The summed E-state index contributed by atoms with van der Waals surface area (Å²) in [5, 5.41) is 10.4. The number of carboxylic acids is 1. The Morgan fingerprint density at radius 3 is 2.53 bits per heavy atom. The first-order valence-electron chi connectivity index (χ1n) is 7.20. The molecule has 1 saturated heterocycles. The Bertz CT molecular complexity index is 391. The molecule has 2 aliphatic rings. The molecule has 1 amide bonds. The largest absolute Gasteiger partial charge is 0.550 e. The molecular weight excluding hydrogens is 242 g/mol. The van der Waals surface area contributed by atoms with Crippen LogP contribution in [0, 0.1) is 10.8 Å². The third-order valence-corrected chi connectivity index (χ3v) is 4.51. The second-order valence-corrected chi connectivity index (χ2v) is 7.46. The van der Waals surface area contributed by atoms with E-state index >= 15 is 0 Å². The van der Waals surface area contributed by atoms with Crippen LogP contribution in [0.3, 0.4) is 0 Å². The molecule has 2 rings (SSSR count). The van der Waals surface area contributed by atoms with Crippen molar-refractivity contribution in [3.63, 3.8) is 0 Å². The van der Waals surface area contributed by atoms with Crippen molar-refractivity contribution < 1.29 is 14.7 Å². The van der Waals surface area contributed by atoms with E-state index in [4.69, 9.17) is 0 Å². The van der Waals surface area contributed by atoms with Crippen molar-refractivity contribution in [3.8, 4) is 0 Å². The van der Waals surface area contributed by atoms with Crippen LogP contribution in [0.1, 0.15) is 59.3 Å². The summed E-state index contributed by atoms with van der Waals surface area (Å²) in [7, 11) is 0. The average Bonchev–Trinajstić information content (AvgIpc) is 2.47. The van der Waals surface area contributed by atoms with Crippen molar-refractivity contribution in [1.29, 1.82) is 0 Å². The number of carbonyl (C=O) groups is 2. The van der Waals surface area contributed by atoms with Crippen molar-refractivity contribution in [2.24, 2.45) is 10.8 Å². The van der Waals surface area contributed by atoms with Crippen molar-refractivity contribution in [2.75, 3.05) is 6.54 Å². The Kier molecular flexibility index (Phi) is 3.63. The van der Waals surface area contributed by atoms with Crippen LogP contribution in [0.2, 0.25) is 0 Å². The summed E-state index contributed by atoms with van der Waals surface area (Å²) < 4.78 is 0. The molecule has 19 heavy (non-hydrogen) atoms. The van der Waals surface area contributed by atoms with E-state index in [1.54, 1.807) is 0 Å². The first kappa shape index (κ1) is 14.4. The van der Waals surface area contributed by atoms with Gasteiger partial charge in [-0.1, -0.05) is 20.8 Å². The number of nitrogens with zero attached hydrogens (tertiary/aromatic N) is 1. The molecule has 0 aromatic heterocycles. The normalized spacial score (nSPS) is 32.4. The quantitative estimate of drug-likeness (QED) is 0.771. The van der Waals surface area contributed by atoms with E-state index < -0.39 is 5.97 Å². The number of rotatable bonds is 4. The van der Waals surface area contributed by atoms with Gasteiger partial charge in [0.05, 0.1) is 0 Å². The summed E-state index contributed by atoms with van der Waals surface area (Å²) in [5.41, 5.74) is 0.550. The lowest BCUT2D eigenvalue weighted by Gasteiger charge is -2.39. The van der Waals surface area contributed by atoms with Crippen LogP contribution in [0.4, 0.5) is 0 Å².